The van der Waals surface area contributed by atoms with Gasteiger partial charge in [0.15, 0.2) is 0 Å². The van der Waals surface area contributed by atoms with Gasteiger partial charge in [0.1, 0.15) is 11.5 Å². The maximum atomic E-state index is 13.3. The normalized spacial score (nSPS) is 11.1. The SMILES string of the molecule is CCN(CC)C(=O)c1cc(-c2cccs2)nc2onc(-c3ccc(F)cc3)c12. The fourth-order valence-electron chi connectivity index (χ4n) is 3.16. The molecule has 0 atom stereocenters. The molecule has 142 valence electrons. The molecule has 1 aromatic carbocycles. The van der Waals surface area contributed by atoms with Gasteiger partial charge in [0.2, 0.25) is 0 Å². The Morgan fingerprint density at radius 1 is 1.18 bits per heavy atom. The lowest BCUT2D eigenvalue weighted by molar-refractivity contribution is 0.0775. The highest BCUT2D eigenvalue weighted by atomic mass is 32.1. The standard InChI is InChI=1S/C21H18FN3O2S/c1-3-25(4-2)21(26)15-12-16(17-6-5-11-28-17)23-20-18(15)19(24-27-20)13-7-9-14(22)10-8-13/h5-12H,3-4H2,1-2H3. The fraction of sp³-hybridized carbons (Fsp3) is 0.190. The summed E-state index contributed by atoms with van der Waals surface area (Å²) < 4.78 is 18.8. The third-order valence-corrected chi connectivity index (χ3v) is 5.51. The number of pyridine rings is 1. The lowest BCUT2D eigenvalue weighted by atomic mass is 10.0. The molecule has 7 heteroatoms. The number of rotatable bonds is 5. The van der Waals surface area contributed by atoms with Crippen molar-refractivity contribution in [2.24, 2.45) is 0 Å². The third kappa shape index (κ3) is 3.18. The van der Waals surface area contributed by atoms with Crippen LogP contribution in [0.1, 0.15) is 24.2 Å². The van der Waals surface area contributed by atoms with Crippen molar-refractivity contribution < 1.29 is 13.7 Å². The van der Waals surface area contributed by atoms with Crippen LogP contribution in [-0.2, 0) is 0 Å². The van der Waals surface area contributed by atoms with Crippen LogP contribution in [0.5, 0.6) is 0 Å². The van der Waals surface area contributed by atoms with Crippen LogP contribution in [0.15, 0.2) is 52.4 Å². The first-order valence-electron chi connectivity index (χ1n) is 9.01. The first-order valence-corrected chi connectivity index (χ1v) is 9.89. The summed E-state index contributed by atoms with van der Waals surface area (Å²) in [7, 11) is 0. The fourth-order valence-corrected chi connectivity index (χ4v) is 3.84. The van der Waals surface area contributed by atoms with Crippen molar-refractivity contribution in [3.63, 3.8) is 0 Å². The minimum absolute atomic E-state index is 0.109. The number of carbonyl (C=O) groups excluding carboxylic acids is 1. The lowest BCUT2D eigenvalue weighted by Gasteiger charge is -2.19. The molecular formula is C21H18FN3O2S. The molecule has 0 aliphatic rings. The molecule has 0 bridgehead atoms. The molecule has 0 spiro atoms. The van der Waals surface area contributed by atoms with Crippen LogP contribution < -0.4 is 0 Å². The zero-order valence-electron chi connectivity index (χ0n) is 15.5. The molecule has 0 saturated carbocycles. The third-order valence-electron chi connectivity index (χ3n) is 4.62. The van der Waals surface area contributed by atoms with Crippen molar-refractivity contribution in [3.05, 3.63) is 59.2 Å². The highest BCUT2D eigenvalue weighted by Gasteiger charge is 2.24. The summed E-state index contributed by atoms with van der Waals surface area (Å²) in [4.78, 5) is 20.5. The van der Waals surface area contributed by atoms with Crippen LogP contribution in [-0.4, -0.2) is 34.0 Å². The van der Waals surface area contributed by atoms with Crippen molar-refractivity contribution in [2.75, 3.05) is 13.1 Å². The predicted octanol–water partition coefficient (Wildman–Crippen LogP) is 5.24. The smallest absolute Gasteiger partial charge is 0.259 e. The number of aromatic nitrogens is 2. The minimum atomic E-state index is -0.339. The molecule has 5 nitrogen and oxygen atoms in total. The van der Waals surface area contributed by atoms with Gasteiger partial charge in [-0.05, 0) is 55.6 Å². The molecule has 3 aromatic heterocycles. The summed E-state index contributed by atoms with van der Waals surface area (Å²) in [6.07, 6.45) is 0. The average Bonchev–Trinajstić information content (AvgIpc) is 3.39. The molecule has 28 heavy (non-hydrogen) atoms. The first kappa shape index (κ1) is 18.3. The van der Waals surface area contributed by atoms with Gasteiger partial charge in [-0.1, -0.05) is 11.2 Å². The summed E-state index contributed by atoms with van der Waals surface area (Å²) >= 11 is 1.54. The van der Waals surface area contributed by atoms with E-state index in [1.54, 1.807) is 23.1 Å². The first-order chi connectivity index (χ1) is 13.6. The maximum absolute atomic E-state index is 13.3. The number of fused-ring (bicyclic) bond motifs is 1. The van der Waals surface area contributed by atoms with Gasteiger partial charge in [-0.15, -0.1) is 11.3 Å². The van der Waals surface area contributed by atoms with Gasteiger partial charge in [0, 0.05) is 18.7 Å². The van der Waals surface area contributed by atoms with Crippen molar-refractivity contribution in [3.8, 4) is 21.8 Å². The van der Waals surface area contributed by atoms with Gasteiger partial charge in [-0.3, -0.25) is 4.79 Å². The van der Waals surface area contributed by atoms with E-state index in [9.17, 15) is 9.18 Å². The molecule has 0 saturated heterocycles. The van der Waals surface area contributed by atoms with E-state index in [0.717, 1.165) is 4.88 Å². The Balaban J connectivity index is 1.96. The number of carbonyl (C=O) groups is 1. The summed E-state index contributed by atoms with van der Waals surface area (Å²) in [6, 6.07) is 11.6. The molecule has 0 fully saturated rings. The van der Waals surface area contributed by atoms with E-state index in [4.69, 9.17) is 4.52 Å². The maximum Gasteiger partial charge on any atom is 0.259 e. The minimum Gasteiger partial charge on any atom is -0.339 e. The average molecular weight is 395 g/mol. The number of nitrogens with zero attached hydrogens (tertiary/aromatic N) is 3. The van der Waals surface area contributed by atoms with Crippen LogP contribution in [0.2, 0.25) is 0 Å². The van der Waals surface area contributed by atoms with Gasteiger partial charge in [0.05, 0.1) is 21.5 Å². The van der Waals surface area contributed by atoms with Crippen molar-refractivity contribution >= 4 is 28.3 Å². The zero-order valence-corrected chi connectivity index (χ0v) is 16.3. The van der Waals surface area contributed by atoms with Gasteiger partial charge in [0.25, 0.3) is 11.6 Å². The van der Waals surface area contributed by atoms with Crippen molar-refractivity contribution in [1.82, 2.24) is 15.0 Å². The molecule has 4 rings (SSSR count). The van der Waals surface area contributed by atoms with E-state index in [2.05, 4.69) is 10.1 Å². The van der Waals surface area contributed by atoms with Crippen LogP contribution in [0.3, 0.4) is 0 Å². The van der Waals surface area contributed by atoms with Gasteiger partial charge in [-0.25, -0.2) is 9.37 Å². The molecule has 0 unspecified atom stereocenters. The number of halogens is 1. The Morgan fingerprint density at radius 3 is 2.57 bits per heavy atom. The molecule has 0 radical (unpaired) electrons. The number of benzene rings is 1. The van der Waals surface area contributed by atoms with Crippen molar-refractivity contribution in [2.45, 2.75) is 13.8 Å². The zero-order chi connectivity index (χ0) is 19.7. The molecule has 1 amide bonds. The Morgan fingerprint density at radius 2 is 1.93 bits per heavy atom. The van der Waals surface area contributed by atoms with E-state index >= 15 is 0 Å². The Kier molecular flexibility index (Phi) is 4.92. The van der Waals surface area contributed by atoms with Crippen LogP contribution >= 0.6 is 11.3 Å². The highest BCUT2D eigenvalue weighted by molar-refractivity contribution is 7.13. The number of hydrogen-bond donors (Lipinski definition) is 0. The van der Waals surface area contributed by atoms with E-state index in [1.807, 2.05) is 31.4 Å². The van der Waals surface area contributed by atoms with Crippen LogP contribution in [0, 0.1) is 5.82 Å². The van der Waals surface area contributed by atoms with Crippen molar-refractivity contribution in [1.29, 1.82) is 0 Å². The second-order valence-corrected chi connectivity index (χ2v) is 7.18. The number of amides is 1. The van der Waals surface area contributed by atoms with E-state index < -0.39 is 0 Å². The number of thiophene rings is 1. The van der Waals surface area contributed by atoms with Gasteiger partial charge in [-0.2, -0.15) is 0 Å². The Bertz CT molecular complexity index is 1120. The molecule has 4 aromatic rings. The largest absolute Gasteiger partial charge is 0.339 e. The summed E-state index contributed by atoms with van der Waals surface area (Å²) in [5, 5.41) is 6.65. The Hall–Kier alpha value is -3.06. The van der Waals surface area contributed by atoms with Crippen LogP contribution in [0.25, 0.3) is 32.9 Å². The quantitative estimate of drug-likeness (QED) is 0.464. The van der Waals surface area contributed by atoms with Gasteiger partial charge < -0.3 is 9.42 Å². The molecule has 0 aliphatic carbocycles. The topological polar surface area (TPSA) is 59.2 Å². The van der Waals surface area contributed by atoms with Crippen LogP contribution in [0.4, 0.5) is 4.39 Å². The molecule has 0 aliphatic heterocycles. The molecule has 3 heterocycles. The second kappa shape index (κ2) is 7.52. The number of hydrogen-bond acceptors (Lipinski definition) is 5. The predicted molar refractivity (Wildman–Crippen MR) is 108 cm³/mol. The second-order valence-electron chi connectivity index (χ2n) is 6.23. The molecular weight excluding hydrogens is 377 g/mol. The van der Waals surface area contributed by atoms with E-state index in [-0.39, 0.29) is 11.7 Å². The van der Waals surface area contributed by atoms with E-state index in [1.165, 1.54) is 23.5 Å². The van der Waals surface area contributed by atoms with Gasteiger partial charge >= 0.3 is 0 Å². The monoisotopic (exact) mass is 395 g/mol. The summed E-state index contributed by atoms with van der Waals surface area (Å²) in [5.41, 5.74) is 2.59. The lowest BCUT2D eigenvalue weighted by Crippen LogP contribution is -2.30. The summed E-state index contributed by atoms with van der Waals surface area (Å²) in [5.74, 6) is -0.448. The van der Waals surface area contributed by atoms with E-state index in [0.29, 0.717) is 46.7 Å². The highest BCUT2D eigenvalue weighted by Crippen LogP contribution is 2.34. The summed E-state index contributed by atoms with van der Waals surface area (Å²) in [6.45, 7) is 5.05. The molecule has 0 N–H and O–H groups in total. The Labute approximate surface area is 165 Å².